The summed E-state index contributed by atoms with van der Waals surface area (Å²) in [5, 5.41) is 8.99. The van der Waals surface area contributed by atoms with E-state index in [0.29, 0.717) is 19.1 Å². The zero-order valence-electron chi connectivity index (χ0n) is 9.02. The Morgan fingerprint density at radius 3 is 2.73 bits per heavy atom. The predicted octanol–water partition coefficient (Wildman–Crippen LogP) is 1.52. The van der Waals surface area contributed by atoms with Gasteiger partial charge in [0.15, 0.2) is 0 Å². The van der Waals surface area contributed by atoms with Gasteiger partial charge in [0.2, 0.25) is 0 Å². The zero-order chi connectivity index (χ0) is 10.7. The third-order valence-electron chi connectivity index (χ3n) is 3.46. The Kier molecular flexibility index (Phi) is 3.46. The molecule has 0 radical (unpaired) electrons. The largest absolute Gasteiger partial charge is 0.449 e. The second-order valence-corrected chi connectivity index (χ2v) is 4.41. The monoisotopic (exact) mass is 213 g/mol. The lowest BCUT2D eigenvalue weighted by Crippen LogP contribution is -2.50. The maximum atomic E-state index is 11.7. The molecule has 0 spiro atoms. The molecule has 4 nitrogen and oxygen atoms in total. The number of amides is 1. The third-order valence-corrected chi connectivity index (χ3v) is 3.46. The SMILES string of the molecule is O=C1OCCC(CCO)N1C1CCCC1. The minimum Gasteiger partial charge on any atom is -0.449 e. The Morgan fingerprint density at radius 2 is 2.07 bits per heavy atom. The lowest BCUT2D eigenvalue weighted by atomic mass is 10.0. The molecule has 2 aliphatic rings. The van der Waals surface area contributed by atoms with Crippen molar-refractivity contribution >= 4 is 6.09 Å². The maximum Gasteiger partial charge on any atom is 0.410 e. The Bertz CT molecular complexity index is 224. The molecule has 1 N–H and O–H groups in total. The van der Waals surface area contributed by atoms with Crippen LogP contribution in [0.15, 0.2) is 0 Å². The van der Waals surface area contributed by atoms with Gasteiger partial charge in [-0.15, -0.1) is 0 Å². The van der Waals surface area contributed by atoms with Crippen molar-refractivity contribution in [2.75, 3.05) is 13.2 Å². The number of aliphatic hydroxyl groups is 1. The van der Waals surface area contributed by atoms with E-state index in [1.54, 1.807) is 0 Å². The van der Waals surface area contributed by atoms with Gasteiger partial charge in [0.1, 0.15) is 0 Å². The van der Waals surface area contributed by atoms with E-state index in [9.17, 15) is 4.79 Å². The first-order valence-electron chi connectivity index (χ1n) is 5.89. The van der Waals surface area contributed by atoms with Gasteiger partial charge >= 0.3 is 6.09 Å². The van der Waals surface area contributed by atoms with E-state index in [-0.39, 0.29) is 18.7 Å². The highest BCUT2D eigenvalue weighted by molar-refractivity contribution is 5.69. The molecule has 1 saturated heterocycles. The van der Waals surface area contributed by atoms with Crippen molar-refractivity contribution in [2.45, 2.75) is 50.6 Å². The molecule has 4 heteroatoms. The van der Waals surface area contributed by atoms with Gasteiger partial charge in [0.25, 0.3) is 0 Å². The highest BCUT2D eigenvalue weighted by atomic mass is 16.6. The highest BCUT2D eigenvalue weighted by Crippen LogP contribution is 2.29. The number of nitrogens with zero attached hydrogens (tertiary/aromatic N) is 1. The van der Waals surface area contributed by atoms with Crippen LogP contribution in [-0.4, -0.2) is 41.4 Å². The van der Waals surface area contributed by atoms with Gasteiger partial charge in [-0.1, -0.05) is 12.8 Å². The van der Waals surface area contributed by atoms with Crippen molar-refractivity contribution in [3.05, 3.63) is 0 Å². The summed E-state index contributed by atoms with van der Waals surface area (Å²) in [6, 6.07) is 0.550. The van der Waals surface area contributed by atoms with E-state index >= 15 is 0 Å². The fourth-order valence-corrected chi connectivity index (χ4v) is 2.71. The molecule has 86 valence electrons. The van der Waals surface area contributed by atoms with Crippen LogP contribution in [0.5, 0.6) is 0 Å². The number of hydrogen-bond acceptors (Lipinski definition) is 3. The van der Waals surface area contributed by atoms with Crippen LogP contribution in [0, 0.1) is 0 Å². The Hall–Kier alpha value is -0.770. The summed E-state index contributed by atoms with van der Waals surface area (Å²) >= 11 is 0. The third kappa shape index (κ3) is 2.25. The predicted molar refractivity (Wildman–Crippen MR) is 55.6 cm³/mol. The van der Waals surface area contributed by atoms with Crippen LogP contribution >= 0.6 is 0 Å². The molecule has 15 heavy (non-hydrogen) atoms. The first kappa shape index (κ1) is 10.7. The van der Waals surface area contributed by atoms with E-state index in [0.717, 1.165) is 19.3 Å². The van der Waals surface area contributed by atoms with Gasteiger partial charge in [-0.25, -0.2) is 4.79 Å². The summed E-state index contributed by atoms with van der Waals surface area (Å²) in [5.74, 6) is 0. The maximum absolute atomic E-state index is 11.7. The molecule has 1 saturated carbocycles. The molecule has 0 aromatic carbocycles. The van der Waals surface area contributed by atoms with Crippen LogP contribution in [-0.2, 0) is 4.74 Å². The van der Waals surface area contributed by atoms with Crippen LogP contribution in [0.4, 0.5) is 4.79 Å². The van der Waals surface area contributed by atoms with Crippen molar-refractivity contribution in [1.29, 1.82) is 0 Å². The lowest BCUT2D eigenvalue weighted by Gasteiger charge is -2.38. The van der Waals surface area contributed by atoms with Gasteiger partial charge in [0, 0.05) is 25.1 Å². The molecule has 2 rings (SSSR count). The molecule has 1 heterocycles. The fraction of sp³-hybridized carbons (Fsp3) is 0.909. The fourth-order valence-electron chi connectivity index (χ4n) is 2.71. The van der Waals surface area contributed by atoms with Crippen LogP contribution in [0.3, 0.4) is 0 Å². The van der Waals surface area contributed by atoms with Gasteiger partial charge < -0.3 is 14.7 Å². The van der Waals surface area contributed by atoms with Crippen molar-refractivity contribution in [2.24, 2.45) is 0 Å². The van der Waals surface area contributed by atoms with E-state index in [2.05, 4.69) is 0 Å². The summed E-state index contributed by atoms with van der Waals surface area (Å²) in [7, 11) is 0. The summed E-state index contributed by atoms with van der Waals surface area (Å²) in [6.45, 7) is 0.661. The average Bonchev–Trinajstić information content (AvgIpc) is 2.71. The first-order valence-corrected chi connectivity index (χ1v) is 5.89. The molecule has 1 atom stereocenters. The summed E-state index contributed by atoms with van der Waals surface area (Å²) in [6.07, 6.45) is 5.98. The van der Waals surface area contributed by atoms with Gasteiger partial charge in [0.05, 0.1) is 6.61 Å². The summed E-state index contributed by atoms with van der Waals surface area (Å²) in [5.41, 5.74) is 0. The molecular weight excluding hydrogens is 194 g/mol. The van der Waals surface area contributed by atoms with Crippen LogP contribution in [0.2, 0.25) is 0 Å². The molecule has 0 aromatic heterocycles. The van der Waals surface area contributed by atoms with Crippen molar-refractivity contribution in [3.63, 3.8) is 0 Å². The molecule has 1 aliphatic carbocycles. The number of hydrogen-bond donors (Lipinski definition) is 1. The molecular formula is C11H19NO3. The number of carbonyl (C=O) groups excluding carboxylic acids is 1. The molecule has 1 aliphatic heterocycles. The smallest absolute Gasteiger partial charge is 0.410 e. The second kappa shape index (κ2) is 4.84. The van der Waals surface area contributed by atoms with Gasteiger partial charge in [-0.05, 0) is 19.3 Å². The van der Waals surface area contributed by atoms with Gasteiger partial charge in [-0.2, -0.15) is 0 Å². The minimum atomic E-state index is -0.174. The van der Waals surface area contributed by atoms with Crippen molar-refractivity contribution < 1.29 is 14.6 Å². The number of rotatable bonds is 3. The molecule has 2 fully saturated rings. The second-order valence-electron chi connectivity index (χ2n) is 4.41. The average molecular weight is 213 g/mol. The first-order chi connectivity index (χ1) is 7.33. The summed E-state index contributed by atoms with van der Waals surface area (Å²) in [4.78, 5) is 13.6. The van der Waals surface area contributed by atoms with Crippen molar-refractivity contribution in [3.8, 4) is 0 Å². The lowest BCUT2D eigenvalue weighted by molar-refractivity contribution is 0.0179. The molecule has 0 aromatic rings. The zero-order valence-corrected chi connectivity index (χ0v) is 9.02. The normalized spacial score (nSPS) is 28.2. The van der Waals surface area contributed by atoms with E-state index < -0.39 is 0 Å². The summed E-state index contributed by atoms with van der Waals surface area (Å²) < 4.78 is 5.08. The topological polar surface area (TPSA) is 49.8 Å². The molecule has 1 amide bonds. The molecule has 1 unspecified atom stereocenters. The molecule has 0 bridgehead atoms. The van der Waals surface area contributed by atoms with E-state index in [4.69, 9.17) is 9.84 Å². The Balaban J connectivity index is 2.03. The van der Waals surface area contributed by atoms with Gasteiger partial charge in [-0.3, -0.25) is 0 Å². The van der Waals surface area contributed by atoms with E-state index in [1.807, 2.05) is 4.90 Å². The Morgan fingerprint density at radius 1 is 1.33 bits per heavy atom. The minimum absolute atomic E-state index is 0.154. The van der Waals surface area contributed by atoms with E-state index in [1.165, 1.54) is 12.8 Å². The number of cyclic esters (lactones) is 1. The van der Waals surface area contributed by atoms with Crippen molar-refractivity contribution in [1.82, 2.24) is 4.90 Å². The standard InChI is InChI=1S/C11H19NO3/c13-7-5-10-6-8-15-11(14)12(10)9-3-1-2-4-9/h9-10,13H,1-8H2. The number of carbonyl (C=O) groups is 1. The Labute approximate surface area is 90.2 Å². The van der Waals surface area contributed by atoms with Crippen LogP contribution in [0.25, 0.3) is 0 Å². The highest BCUT2D eigenvalue weighted by Gasteiger charge is 2.35. The van der Waals surface area contributed by atoms with Crippen LogP contribution in [0.1, 0.15) is 38.5 Å². The quantitative estimate of drug-likeness (QED) is 0.773. The number of ether oxygens (including phenoxy) is 1. The van der Waals surface area contributed by atoms with Crippen LogP contribution < -0.4 is 0 Å². The number of aliphatic hydroxyl groups excluding tert-OH is 1.